The zero-order chi connectivity index (χ0) is 16.2. The Balaban J connectivity index is 1.94. The van der Waals surface area contributed by atoms with Crippen LogP contribution in [-0.4, -0.2) is 29.1 Å². The van der Waals surface area contributed by atoms with E-state index in [1.807, 2.05) is 12.1 Å². The van der Waals surface area contributed by atoms with Crippen molar-refractivity contribution in [3.63, 3.8) is 0 Å². The molecule has 1 saturated heterocycles. The molecule has 5 heteroatoms. The summed E-state index contributed by atoms with van der Waals surface area (Å²) in [4.78, 5) is 9.11. The van der Waals surface area contributed by atoms with E-state index in [4.69, 9.17) is 0 Å². The highest BCUT2D eigenvalue weighted by molar-refractivity contribution is 5.58. The summed E-state index contributed by atoms with van der Waals surface area (Å²) in [5.74, 6) is 1.21. The summed E-state index contributed by atoms with van der Waals surface area (Å²) in [5, 5.41) is 6.84. The molecule has 1 aliphatic heterocycles. The Kier molecular flexibility index (Phi) is 4.86. The summed E-state index contributed by atoms with van der Waals surface area (Å²) in [5.41, 5.74) is 1.37. The van der Waals surface area contributed by atoms with Crippen LogP contribution in [0.25, 0.3) is 11.4 Å². The normalized spacial score (nSPS) is 15.8. The minimum atomic E-state index is -0.291. The van der Waals surface area contributed by atoms with Gasteiger partial charge in [-0.1, -0.05) is 26.0 Å². The average Bonchev–Trinajstić information content (AvgIpc) is 2.56. The van der Waals surface area contributed by atoms with Gasteiger partial charge in [-0.05, 0) is 44.0 Å². The molecule has 0 atom stereocenters. The van der Waals surface area contributed by atoms with Gasteiger partial charge in [0.1, 0.15) is 11.6 Å². The lowest BCUT2D eigenvalue weighted by atomic mass is 10.1. The number of hydrogen-bond donors (Lipinski definition) is 2. The molecular weight excluding hydrogens is 291 g/mol. The van der Waals surface area contributed by atoms with E-state index < -0.39 is 0 Å². The quantitative estimate of drug-likeness (QED) is 0.906. The second-order valence-corrected chi connectivity index (χ2v) is 6.30. The summed E-state index contributed by atoms with van der Waals surface area (Å²) in [7, 11) is 0. The van der Waals surface area contributed by atoms with Crippen molar-refractivity contribution in [3.8, 4) is 11.4 Å². The van der Waals surface area contributed by atoms with Crippen LogP contribution in [0.2, 0.25) is 0 Å². The lowest BCUT2D eigenvalue weighted by Gasteiger charge is -2.24. The van der Waals surface area contributed by atoms with E-state index in [1.54, 1.807) is 12.1 Å². The van der Waals surface area contributed by atoms with Crippen molar-refractivity contribution in [2.24, 2.45) is 0 Å². The third kappa shape index (κ3) is 3.85. The maximum Gasteiger partial charge on any atom is 0.164 e. The van der Waals surface area contributed by atoms with E-state index >= 15 is 0 Å². The highest BCUT2D eigenvalue weighted by Crippen LogP contribution is 2.24. The third-order valence-corrected chi connectivity index (χ3v) is 4.14. The number of halogens is 1. The molecule has 122 valence electrons. The van der Waals surface area contributed by atoms with Crippen molar-refractivity contribution in [2.75, 3.05) is 18.4 Å². The van der Waals surface area contributed by atoms with Gasteiger partial charge in [0, 0.05) is 17.8 Å². The Morgan fingerprint density at radius 1 is 1.17 bits per heavy atom. The molecule has 0 aliphatic carbocycles. The molecule has 0 unspecified atom stereocenters. The number of piperidine rings is 1. The second kappa shape index (κ2) is 7.04. The monoisotopic (exact) mass is 314 g/mol. The van der Waals surface area contributed by atoms with Crippen LogP contribution in [-0.2, 0) is 0 Å². The number of benzene rings is 1. The molecule has 4 nitrogen and oxygen atoms in total. The van der Waals surface area contributed by atoms with E-state index in [1.165, 1.54) is 6.07 Å². The van der Waals surface area contributed by atoms with Crippen molar-refractivity contribution in [1.29, 1.82) is 0 Å². The van der Waals surface area contributed by atoms with Crippen LogP contribution in [0.5, 0.6) is 0 Å². The molecule has 3 rings (SSSR count). The topological polar surface area (TPSA) is 49.8 Å². The molecule has 2 aromatic rings. The van der Waals surface area contributed by atoms with Crippen LogP contribution >= 0.6 is 0 Å². The fourth-order valence-corrected chi connectivity index (χ4v) is 2.77. The molecule has 23 heavy (non-hydrogen) atoms. The molecule has 0 radical (unpaired) electrons. The standard InChI is InChI=1S/C18H23FN4/c1-12(2)16-11-17(21-13-7-9-20-10-8-13)23-18(22-16)14-5-3-4-6-15(14)19/h3-6,11-13,20H,7-10H2,1-2H3,(H,21,22,23). The number of anilines is 1. The fourth-order valence-electron chi connectivity index (χ4n) is 2.77. The van der Waals surface area contributed by atoms with E-state index in [0.717, 1.165) is 37.4 Å². The first kappa shape index (κ1) is 15.9. The molecule has 1 fully saturated rings. The molecule has 0 bridgehead atoms. The Morgan fingerprint density at radius 3 is 2.61 bits per heavy atom. The van der Waals surface area contributed by atoms with Gasteiger partial charge in [-0.25, -0.2) is 14.4 Å². The number of nitrogens with one attached hydrogen (secondary N) is 2. The highest BCUT2D eigenvalue weighted by atomic mass is 19.1. The zero-order valence-corrected chi connectivity index (χ0v) is 13.6. The first-order chi connectivity index (χ1) is 11.1. The molecule has 1 aromatic heterocycles. The summed E-state index contributed by atoms with van der Waals surface area (Å²) in [6.07, 6.45) is 2.13. The molecule has 1 aliphatic rings. The van der Waals surface area contributed by atoms with Crippen LogP contribution in [0, 0.1) is 5.82 Å². The van der Waals surface area contributed by atoms with E-state index in [-0.39, 0.29) is 11.7 Å². The predicted molar refractivity (Wildman–Crippen MR) is 91.0 cm³/mol. The van der Waals surface area contributed by atoms with Gasteiger partial charge in [0.25, 0.3) is 0 Å². The lowest BCUT2D eigenvalue weighted by molar-refractivity contribution is 0.478. The maximum atomic E-state index is 14.1. The van der Waals surface area contributed by atoms with E-state index in [2.05, 4.69) is 34.4 Å². The van der Waals surface area contributed by atoms with Crippen LogP contribution < -0.4 is 10.6 Å². The molecule has 0 saturated carbocycles. The van der Waals surface area contributed by atoms with Gasteiger partial charge < -0.3 is 10.6 Å². The lowest BCUT2D eigenvalue weighted by Crippen LogP contribution is -2.35. The first-order valence-electron chi connectivity index (χ1n) is 8.24. The number of hydrogen-bond acceptors (Lipinski definition) is 4. The van der Waals surface area contributed by atoms with Crippen LogP contribution in [0.15, 0.2) is 30.3 Å². The number of rotatable bonds is 4. The van der Waals surface area contributed by atoms with Gasteiger partial charge in [-0.3, -0.25) is 0 Å². The zero-order valence-electron chi connectivity index (χ0n) is 13.6. The van der Waals surface area contributed by atoms with Crippen molar-refractivity contribution >= 4 is 5.82 Å². The third-order valence-electron chi connectivity index (χ3n) is 4.14. The van der Waals surface area contributed by atoms with Crippen molar-refractivity contribution in [1.82, 2.24) is 15.3 Å². The molecule has 2 heterocycles. The SMILES string of the molecule is CC(C)c1cc(NC2CCNCC2)nc(-c2ccccc2F)n1. The van der Waals surface area contributed by atoms with Gasteiger partial charge in [0.2, 0.25) is 0 Å². The minimum Gasteiger partial charge on any atom is -0.367 e. The van der Waals surface area contributed by atoms with Gasteiger partial charge in [0.15, 0.2) is 5.82 Å². The molecule has 1 aromatic carbocycles. The van der Waals surface area contributed by atoms with Gasteiger partial charge in [-0.15, -0.1) is 0 Å². The molecule has 0 amide bonds. The molecule has 0 spiro atoms. The molecule has 2 N–H and O–H groups in total. The maximum absolute atomic E-state index is 14.1. The average molecular weight is 314 g/mol. The first-order valence-corrected chi connectivity index (χ1v) is 8.24. The van der Waals surface area contributed by atoms with Gasteiger partial charge >= 0.3 is 0 Å². The van der Waals surface area contributed by atoms with Crippen molar-refractivity contribution in [2.45, 2.75) is 38.6 Å². The Hall–Kier alpha value is -2.01. The van der Waals surface area contributed by atoms with Crippen LogP contribution in [0.1, 0.15) is 38.3 Å². The fraction of sp³-hybridized carbons (Fsp3) is 0.444. The summed E-state index contributed by atoms with van der Waals surface area (Å²) in [6, 6.07) is 9.05. The summed E-state index contributed by atoms with van der Waals surface area (Å²) < 4.78 is 14.1. The Labute approximate surface area is 136 Å². The van der Waals surface area contributed by atoms with Gasteiger partial charge in [-0.2, -0.15) is 0 Å². The number of nitrogens with zero attached hydrogens (tertiary/aromatic N) is 2. The van der Waals surface area contributed by atoms with Gasteiger partial charge in [0.05, 0.1) is 5.56 Å². The van der Waals surface area contributed by atoms with E-state index in [9.17, 15) is 4.39 Å². The van der Waals surface area contributed by atoms with Crippen molar-refractivity contribution < 1.29 is 4.39 Å². The Bertz CT molecular complexity index is 666. The highest BCUT2D eigenvalue weighted by Gasteiger charge is 2.16. The smallest absolute Gasteiger partial charge is 0.164 e. The predicted octanol–water partition coefficient (Wildman–Crippen LogP) is 3.57. The second-order valence-electron chi connectivity index (χ2n) is 6.30. The van der Waals surface area contributed by atoms with Crippen LogP contribution in [0.3, 0.4) is 0 Å². The van der Waals surface area contributed by atoms with Crippen molar-refractivity contribution in [3.05, 3.63) is 41.8 Å². The Morgan fingerprint density at radius 2 is 1.91 bits per heavy atom. The summed E-state index contributed by atoms with van der Waals surface area (Å²) >= 11 is 0. The summed E-state index contributed by atoms with van der Waals surface area (Å²) in [6.45, 7) is 6.20. The van der Waals surface area contributed by atoms with Crippen LogP contribution in [0.4, 0.5) is 10.2 Å². The number of aromatic nitrogens is 2. The van der Waals surface area contributed by atoms with E-state index in [0.29, 0.717) is 17.4 Å². The largest absolute Gasteiger partial charge is 0.367 e. The molecular formula is C18H23FN4. The minimum absolute atomic E-state index is 0.261.